The van der Waals surface area contributed by atoms with Crippen molar-refractivity contribution in [3.8, 4) is 0 Å². The van der Waals surface area contributed by atoms with E-state index in [9.17, 15) is 4.79 Å². The number of rotatable bonds is 3. The lowest BCUT2D eigenvalue weighted by Crippen LogP contribution is -1.82. The second-order valence-electron chi connectivity index (χ2n) is 4.04. The van der Waals surface area contributed by atoms with Crippen molar-refractivity contribution in [3.63, 3.8) is 0 Å². The van der Waals surface area contributed by atoms with Gasteiger partial charge in [0.15, 0.2) is 0 Å². The Morgan fingerprint density at radius 2 is 1.24 bits per heavy atom. The Morgan fingerprint density at radius 1 is 0.857 bits per heavy atom. The van der Waals surface area contributed by atoms with Crippen LogP contribution in [0.15, 0.2) is 24.3 Å². The van der Waals surface area contributed by atoms with Gasteiger partial charge in [0.1, 0.15) is 6.29 Å². The van der Waals surface area contributed by atoms with E-state index in [0.717, 1.165) is 17.4 Å². The molecule has 1 aromatic carbocycles. The zero-order valence-electron chi connectivity index (χ0n) is 16.1. The van der Waals surface area contributed by atoms with Crippen LogP contribution in [0.25, 0.3) is 0 Å². The monoisotopic (exact) mass is 296 g/mol. The Labute approximate surface area is 135 Å². The Hall–Kier alpha value is -1.11. The zero-order chi connectivity index (χ0) is 17.5. The van der Waals surface area contributed by atoms with Gasteiger partial charge < -0.3 is 0 Å². The average Bonchev–Trinajstić information content (AvgIpc) is 2.54. The second kappa shape index (κ2) is 31.3. The van der Waals surface area contributed by atoms with Gasteiger partial charge in [-0.05, 0) is 12.5 Å². The quantitative estimate of drug-likeness (QED) is 0.528. The first-order chi connectivity index (χ1) is 10.2. The van der Waals surface area contributed by atoms with E-state index in [1.807, 2.05) is 58.9 Å². The fraction of sp³-hybridized carbons (Fsp3) is 0.650. The predicted molar refractivity (Wildman–Crippen MR) is 100 cm³/mol. The molecular weight excluding hydrogens is 256 g/mol. The van der Waals surface area contributed by atoms with E-state index in [0.29, 0.717) is 0 Å². The maximum atomic E-state index is 10.2. The number of carbonyl (C=O) groups excluding carboxylic acids is 1. The molecule has 0 aliphatic rings. The zero-order valence-corrected chi connectivity index (χ0v) is 16.1. The van der Waals surface area contributed by atoms with Crippen molar-refractivity contribution in [2.75, 3.05) is 0 Å². The molecule has 1 aromatic rings. The summed E-state index contributed by atoms with van der Waals surface area (Å²) in [5.41, 5.74) is 1.81. The third kappa shape index (κ3) is 27.9. The maximum absolute atomic E-state index is 10.2. The molecule has 126 valence electrons. The number of hydrogen-bond donors (Lipinski definition) is 0. The maximum Gasteiger partial charge on any atom is 0.150 e. The minimum atomic E-state index is 0.775. The van der Waals surface area contributed by atoms with E-state index in [1.54, 1.807) is 0 Å². The molecule has 0 fully saturated rings. The molecular formula is C20H40O. The standard InChI is InChI=1S/C8H8O.C5H12.C3H8.2C2H6/c1-7-4-2-3-5-8(7)6-9;1-3-5-4-2;1-3-2;2*1-2/h2-6H,1H3;3-5H2,1-2H3;3H2,1-2H3;2*1-2H3. The number of aldehydes is 1. The summed E-state index contributed by atoms with van der Waals surface area (Å²) in [5, 5.41) is 0. The lowest BCUT2D eigenvalue weighted by Gasteiger charge is -1.92. The molecule has 0 aromatic heterocycles. The second-order valence-corrected chi connectivity index (χ2v) is 4.04. The van der Waals surface area contributed by atoms with Gasteiger partial charge >= 0.3 is 0 Å². The summed E-state index contributed by atoms with van der Waals surface area (Å²) < 4.78 is 0. The van der Waals surface area contributed by atoms with Crippen LogP contribution in [-0.4, -0.2) is 6.29 Å². The van der Waals surface area contributed by atoms with E-state index in [-0.39, 0.29) is 0 Å². The van der Waals surface area contributed by atoms with Gasteiger partial charge in [-0.25, -0.2) is 0 Å². The number of hydrogen-bond acceptors (Lipinski definition) is 1. The third-order valence-electron chi connectivity index (χ3n) is 2.02. The van der Waals surface area contributed by atoms with Crippen LogP contribution >= 0.6 is 0 Å². The first-order valence-corrected chi connectivity index (χ1v) is 8.68. The van der Waals surface area contributed by atoms with E-state index >= 15 is 0 Å². The fourth-order valence-electron chi connectivity index (χ4n) is 1.07. The SMILES string of the molecule is CC.CC.CCC.CCCCC.Cc1ccccc1C=O. The van der Waals surface area contributed by atoms with Gasteiger partial charge in [0.25, 0.3) is 0 Å². The van der Waals surface area contributed by atoms with Crippen molar-refractivity contribution in [3.05, 3.63) is 35.4 Å². The molecule has 0 saturated carbocycles. The van der Waals surface area contributed by atoms with E-state index in [1.165, 1.54) is 25.7 Å². The summed E-state index contributed by atoms with van der Waals surface area (Å²) in [7, 11) is 0. The average molecular weight is 297 g/mol. The highest BCUT2D eigenvalue weighted by atomic mass is 16.1. The Morgan fingerprint density at radius 3 is 1.43 bits per heavy atom. The Balaban J connectivity index is -0.000000103. The largest absolute Gasteiger partial charge is 0.298 e. The summed E-state index contributed by atoms with van der Waals surface area (Å²) in [5.74, 6) is 0. The van der Waals surface area contributed by atoms with E-state index in [2.05, 4.69) is 27.7 Å². The smallest absolute Gasteiger partial charge is 0.150 e. The molecule has 0 radical (unpaired) electrons. The van der Waals surface area contributed by atoms with Crippen LogP contribution in [0.2, 0.25) is 0 Å². The summed E-state index contributed by atoms with van der Waals surface area (Å²) in [6.45, 7) is 18.6. The molecule has 0 bridgehead atoms. The number of aryl methyl sites for hydroxylation is 1. The van der Waals surface area contributed by atoms with E-state index in [4.69, 9.17) is 0 Å². The molecule has 1 nitrogen and oxygen atoms in total. The van der Waals surface area contributed by atoms with Crippen molar-refractivity contribution in [2.45, 2.75) is 88.0 Å². The Kier molecular flexibility index (Phi) is 41.9. The molecule has 0 atom stereocenters. The highest BCUT2D eigenvalue weighted by molar-refractivity contribution is 5.76. The number of unbranched alkanes of at least 4 members (excludes halogenated alkanes) is 2. The Bertz CT molecular complexity index is 264. The van der Waals surface area contributed by atoms with Gasteiger partial charge in [0, 0.05) is 5.56 Å². The molecule has 0 spiro atoms. The molecule has 0 aliphatic carbocycles. The van der Waals surface area contributed by atoms with Crippen molar-refractivity contribution in [1.29, 1.82) is 0 Å². The molecule has 1 rings (SSSR count). The number of benzene rings is 1. The third-order valence-corrected chi connectivity index (χ3v) is 2.02. The van der Waals surface area contributed by atoms with Gasteiger partial charge in [-0.3, -0.25) is 4.79 Å². The number of carbonyl (C=O) groups is 1. The summed E-state index contributed by atoms with van der Waals surface area (Å²) in [6, 6.07) is 7.51. The van der Waals surface area contributed by atoms with Crippen LogP contribution in [0.4, 0.5) is 0 Å². The van der Waals surface area contributed by atoms with Gasteiger partial charge in [0.05, 0.1) is 0 Å². The van der Waals surface area contributed by atoms with Crippen molar-refractivity contribution >= 4 is 6.29 Å². The van der Waals surface area contributed by atoms with Crippen LogP contribution in [-0.2, 0) is 0 Å². The molecule has 21 heavy (non-hydrogen) atoms. The lowest BCUT2D eigenvalue weighted by atomic mass is 10.1. The van der Waals surface area contributed by atoms with Crippen LogP contribution in [0, 0.1) is 6.92 Å². The van der Waals surface area contributed by atoms with Gasteiger partial charge in [-0.1, -0.05) is 105 Å². The minimum absolute atomic E-state index is 0.775. The van der Waals surface area contributed by atoms with Gasteiger partial charge in [-0.2, -0.15) is 0 Å². The first-order valence-electron chi connectivity index (χ1n) is 8.68. The minimum Gasteiger partial charge on any atom is -0.298 e. The van der Waals surface area contributed by atoms with Gasteiger partial charge in [-0.15, -0.1) is 0 Å². The molecule has 0 aliphatic heterocycles. The molecule has 0 unspecified atom stereocenters. The molecule has 0 N–H and O–H groups in total. The highest BCUT2D eigenvalue weighted by Crippen LogP contribution is 2.02. The topological polar surface area (TPSA) is 17.1 Å². The van der Waals surface area contributed by atoms with Crippen LogP contribution in [0.5, 0.6) is 0 Å². The van der Waals surface area contributed by atoms with Crippen LogP contribution in [0.3, 0.4) is 0 Å². The van der Waals surface area contributed by atoms with Crippen molar-refractivity contribution in [1.82, 2.24) is 0 Å². The van der Waals surface area contributed by atoms with Crippen molar-refractivity contribution < 1.29 is 4.79 Å². The first kappa shape index (κ1) is 28.1. The fourth-order valence-corrected chi connectivity index (χ4v) is 1.07. The molecule has 0 saturated heterocycles. The molecule has 0 heterocycles. The van der Waals surface area contributed by atoms with Gasteiger partial charge in [0.2, 0.25) is 0 Å². The molecule has 0 amide bonds. The van der Waals surface area contributed by atoms with Crippen LogP contribution in [0.1, 0.15) is 97.0 Å². The van der Waals surface area contributed by atoms with Crippen LogP contribution < -0.4 is 0 Å². The van der Waals surface area contributed by atoms with E-state index < -0.39 is 0 Å². The van der Waals surface area contributed by atoms with Crippen molar-refractivity contribution in [2.24, 2.45) is 0 Å². The normalized spacial score (nSPS) is 7.29. The highest BCUT2D eigenvalue weighted by Gasteiger charge is 1.90. The molecule has 1 heteroatoms. The summed E-state index contributed by atoms with van der Waals surface area (Å²) >= 11 is 0. The summed E-state index contributed by atoms with van der Waals surface area (Å²) in [4.78, 5) is 10.2. The summed E-state index contributed by atoms with van der Waals surface area (Å²) in [6.07, 6.45) is 6.20. The predicted octanol–water partition coefficient (Wildman–Crippen LogP) is 7.47. The lowest BCUT2D eigenvalue weighted by molar-refractivity contribution is 0.112.